The van der Waals surface area contributed by atoms with Crippen LogP contribution < -0.4 is 0 Å². The summed E-state index contributed by atoms with van der Waals surface area (Å²) < 4.78 is 5.57. The molecule has 18 heavy (non-hydrogen) atoms. The Bertz CT molecular complexity index is 423. The lowest BCUT2D eigenvalue weighted by Gasteiger charge is -2.25. The van der Waals surface area contributed by atoms with Crippen LogP contribution in [-0.2, 0) is 11.3 Å². The molecule has 0 spiro atoms. The van der Waals surface area contributed by atoms with E-state index in [1.165, 1.54) is 0 Å². The molecule has 0 radical (unpaired) electrons. The second kappa shape index (κ2) is 5.47. The van der Waals surface area contributed by atoms with Gasteiger partial charge in [0.15, 0.2) is 0 Å². The summed E-state index contributed by atoms with van der Waals surface area (Å²) in [6.07, 6.45) is 2.23. The number of nitrogens with zero attached hydrogens (tertiary/aromatic N) is 1. The maximum absolute atomic E-state index is 12.4. The van der Waals surface area contributed by atoms with Crippen LogP contribution in [0.15, 0.2) is 16.5 Å². The molecular weight excluding hydrogens is 294 g/mol. The largest absolute Gasteiger partial charge is 0.464 e. The summed E-state index contributed by atoms with van der Waals surface area (Å²) in [6, 6.07) is 4.30. The number of hydrogen-bond acceptors (Lipinski definition) is 2. The maximum Gasteiger partial charge on any atom is 0.237 e. The van der Waals surface area contributed by atoms with E-state index in [0.717, 1.165) is 24.4 Å². The molecule has 1 aromatic heterocycles. The van der Waals surface area contributed by atoms with Gasteiger partial charge < -0.3 is 9.32 Å². The summed E-state index contributed by atoms with van der Waals surface area (Å²) >= 11 is 3.50. The molecule has 1 unspecified atom stereocenters. The Hall–Kier alpha value is -0.770. The second-order valence-electron chi connectivity index (χ2n) is 5.36. The standard InChI is InChI=1S/C14H20BrNO2/c1-9(2)13(15)14(17)16(11-5-6-11)8-12-7-4-10(3)18-12/h4,7,9,11,13H,5-6,8H2,1-3H3. The molecule has 100 valence electrons. The van der Waals surface area contributed by atoms with Crippen LogP contribution >= 0.6 is 15.9 Å². The van der Waals surface area contributed by atoms with Crippen LogP contribution in [0, 0.1) is 12.8 Å². The molecule has 0 aromatic carbocycles. The zero-order valence-corrected chi connectivity index (χ0v) is 12.7. The van der Waals surface area contributed by atoms with E-state index in [2.05, 4.69) is 29.8 Å². The highest BCUT2D eigenvalue weighted by Crippen LogP contribution is 2.31. The highest BCUT2D eigenvalue weighted by atomic mass is 79.9. The van der Waals surface area contributed by atoms with Crippen molar-refractivity contribution in [3.63, 3.8) is 0 Å². The lowest BCUT2D eigenvalue weighted by atomic mass is 10.1. The Labute approximate surface area is 117 Å². The van der Waals surface area contributed by atoms with E-state index in [9.17, 15) is 4.79 Å². The Morgan fingerprint density at radius 2 is 2.17 bits per heavy atom. The van der Waals surface area contributed by atoms with E-state index in [1.807, 2.05) is 24.0 Å². The Morgan fingerprint density at radius 1 is 1.50 bits per heavy atom. The molecule has 1 aromatic rings. The Morgan fingerprint density at radius 3 is 2.61 bits per heavy atom. The van der Waals surface area contributed by atoms with Crippen LogP contribution in [0.2, 0.25) is 0 Å². The van der Waals surface area contributed by atoms with Crippen molar-refractivity contribution in [2.75, 3.05) is 0 Å². The molecule has 1 heterocycles. The number of halogens is 1. The molecule has 1 aliphatic carbocycles. The van der Waals surface area contributed by atoms with Crippen LogP contribution in [-0.4, -0.2) is 21.7 Å². The molecule has 0 bridgehead atoms. The first-order valence-electron chi connectivity index (χ1n) is 6.49. The van der Waals surface area contributed by atoms with Gasteiger partial charge in [0.05, 0.1) is 11.4 Å². The molecule has 1 atom stereocenters. The third-order valence-electron chi connectivity index (χ3n) is 3.21. The molecule has 0 saturated heterocycles. The molecule has 1 amide bonds. The number of carbonyl (C=O) groups is 1. The average molecular weight is 314 g/mol. The van der Waals surface area contributed by atoms with Gasteiger partial charge in [-0.1, -0.05) is 29.8 Å². The molecule has 3 nitrogen and oxygen atoms in total. The average Bonchev–Trinajstić information content (AvgIpc) is 3.08. The summed E-state index contributed by atoms with van der Waals surface area (Å²) in [6.45, 7) is 6.62. The van der Waals surface area contributed by atoms with Crippen molar-refractivity contribution < 1.29 is 9.21 Å². The number of alkyl halides is 1. The molecule has 0 aliphatic heterocycles. The van der Waals surface area contributed by atoms with Gasteiger partial charge in [-0.2, -0.15) is 0 Å². The van der Waals surface area contributed by atoms with Crippen LogP contribution in [0.1, 0.15) is 38.2 Å². The van der Waals surface area contributed by atoms with E-state index >= 15 is 0 Å². The van der Waals surface area contributed by atoms with Gasteiger partial charge in [0.25, 0.3) is 0 Å². The fourth-order valence-electron chi connectivity index (χ4n) is 1.95. The van der Waals surface area contributed by atoms with Gasteiger partial charge in [-0.3, -0.25) is 4.79 Å². The third-order valence-corrected chi connectivity index (χ3v) is 4.66. The minimum Gasteiger partial charge on any atom is -0.464 e. The van der Waals surface area contributed by atoms with E-state index in [4.69, 9.17) is 4.42 Å². The first-order chi connectivity index (χ1) is 8.49. The van der Waals surface area contributed by atoms with Crippen molar-refractivity contribution in [2.24, 2.45) is 5.92 Å². The van der Waals surface area contributed by atoms with Gasteiger partial charge in [-0.15, -0.1) is 0 Å². The number of amides is 1. The zero-order chi connectivity index (χ0) is 13.3. The molecule has 1 aliphatic rings. The number of hydrogen-bond donors (Lipinski definition) is 0. The van der Waals surface area contributed by atoms with E-state index in [1.54, 1.807) is 0 Å². The number of aryl methyl sites for hydroxylation is 1. The Kier molecular flexibility index (Phi) is 4.15. The predicted octanol–water partition coefficient (Wildman–Crippen LogP) is 3.50. The quantitative estimate of drug-likeness (QED) is 0.780. The lowest BCUT2D eigenvalue weighted by molar-refractivity contribution is -0.132. The summed E-state index contributed by atoms with van der Waals surface area (Å²) in [4.78, 5) is 14.3. The van der Waals surface area contributed by atoms with Gasteiger partial charge in [0.1, 0.15) is 11.5 Å². The van der Waals surface area contributed by atoms with Crippen LogP contribution in [0.25, 0.3) is 0 Å². The van der Waals surface area contributed by atoms with Crippen molar-refractivity contribution >= 4 is 21.8 Å². The molecule has 1 saturated carbocycles. The van der Waals surface area contributed by atoms with Crippen LogP contribution in [0.3, 0.4) is 0 Å². The van der Waals surface area contributed by atoms with E-state index in [-0.39, 0.29) is 10.7 Å². The second-order valence-corrected chi connectivity index (χ2v) is 6.34. The minimum atomic E-state index is -0.103. The summed E-state index contributed by atoms with van der Waals surface area (Å²) in [5.74, 6) is 2.25. The normalized spacial score (nSPS) is 16.9. The highest BCUT2D eigenvalue weighted by molar-refractivity contribution is 9.10. The monoisotopic (exact) mass is 313 g/mol. The topological polar surface area (TPSA) is 33.5 Å². The van der Waals surface area contributed by atoms with Crippen molar-refractivity contribution in [3.8, 4) is 0 Å². The van der Waals surface area contributed by atoms with Gasteiger partial charge in [-0.25, -0.2) is 0 Å². The molecular formula is C14H20BrNO2. The first-order valence-corrected chi connectivity index (χ1v) is 7.40. The van der Waals surface area contributed by atoms with Crippen molar-refractivity contribution in [2.45, 2.75) is 51.0 Å². The summed E-state index contributed by atoms with van der Waals surface area (Å²) in [5.41, 5.74) is 0. The predicted molar refractivity (Wildman–Crippen MR) is 74.6 cm³/mol. The van der Waals surface area contributed by atoms with Crippen LogP contribution in [0.5, 0.6) is 0 Å². The van der Waals surface area contributed by atoms with Crippen LogP contribution in [0.4, 0.5) is 0 Å². The minimum absolute atomic E-state index is 0.103. The lowest BCUT2D eigenvalue weighted by Crippen LogP contribution is -2.39. The Balaban J connectivity index is 2.06. The molecule has 0 N–H and O–H groups in total. The first kappa shape index (κ1) is 13.7. The SMILES string of the molecule is Cc1ccc(CN(C(=O)C(Br)C(C)C)C2CC2)o1. The number of rotatable bonds is 5. The summed E-state index contributed by atoms with van der Waals surface area (Å²) in [7, 11) is 0. The van der Waals surface area contributed by atoms with Crippen molar-refractivity contribution in [3.05, 3.63) is 23.7 Å². The van der Waals surface area contributed by atoms with Gasteiger partial charge in [0, 0.05) is 6.04 Å². The summed E-state index contributed by atoms with van der Waals surface area (Å²) in [5, 5.41) is 0. The fraction of sp³-hybridized carbons (Fsp3) is 0.643. The van der Waals surface area contributed by atoms with E-state index in [0.29, 0.717) is 18.5 Å². The van der Waals surface area contributed by atoms with E-state index < -0.39 is 0 Å². The maximum atomic E-state index is 12.4. The fourth-order valence-corrected chi connectivity index (χ4v) is 2.22. The van der Waals surface area contributed by atoms with Crippen molar-refractivity contribution in [1.82, 2.24) is 4.90 Å². The smallest absolute Gasteiger partial charge is 0.237 e. The highest BCUT2D eigenvalue weighted by Gasteiger charge is 2.36. The molecule has 4 heteroatoms. The zero-order valence-electron chi connectivity index (χ0n) is 11.1. The molecule has 2 rings (SSSR count). The molecule has 1 fully saturated rings. The van der Waals surface area contributed by atoms with Gasteiger partial charge in [0.2, 0.25) is 5.91 Å². The van der Waals surface area contributed by atoms with Crippen molar-refractivity contribution in [1.29, 1.82) is 0 Å². The number of furan rings is 1. The van der Waals surface area contributed by atoms with Gasteiger partial charge in [-0.05, 0) is 37.8 Å². The third kappa shape index (κ3) is 3.16. The number of carbonyl (C=O) groups excluding carboxylic acids is 1. The van der Waals surface area contributed by atoms with Gasteiger partial charge >= 0.3 is 0 Å².